The van der Waals surface area contributed by atoms with Gasteiger partial charge in [-0.3, -0.25) is 0 Å². The molecule has 0 bridgehead atoms. The molecule has 0 spiro atoms. The van der Waals surface area contributed by atoms with Crippen LogP contribution in [0.1, 0.15) is 25.3 Å². The summed E-state index contributed by atoms with van der Waals surface area (Å²) >= 11 is 1.77. The lowest BCUT2D eigenvalue weighted by Gasteiger charge is -2.22. The lowest BCUT2D eigenvalue weighted by atomic mass is 10.1. The van der Waals surface area contributed by atoms with Crippen LogP contribution in [0.5, 0.6) is 0 Å². The van der Waals surface area contributed by atoms with Gasteiger partial charge in [0, 0.05) is 12.6 Å². The molecule has 1 aliphatic heterocycles. The smallest absolute Gasteiger partial charge is 0.110 e. The molecule has 2 rings (SSSR count). The predicted octanol–water partition coefficient (Wildman–Crippen LogP) is 2.96. The Kier molecular flexibility index (Phi) is 4.43. The van der Waals surface area contributed by atoms with Gasteiger partial charge in [0.15, 0.2) is 0 Å². The number of allylic oxidation sites excluding steroid dienone is 1. The van der Waals surface area contributed by atoms with E-state index in [0.29, 0.717) is 12.1 Å². The van der Waals surface area contributed by atoms with Crippen molar-refractivity contribution >= 4 is 11.3 Å². The minimum atomic E-state index is 0.356. The summed E-state index contributed by atoms with van der Waals surface area (Å²) in [4.78, 5) is 0. The highest BCUT2D eigenvalue weighted by atomic mass is 32.1. The van der Waals surface area contributed by atoms with Gasteiger partial charge in [-0.25, -0.2) is 0 Å². The summed E-state index contributed by atoms with van der Waals surface area (Å²) < 4.78 is 5.52. The maximum atomic E-state index is 5.52. The highest BCUT2D eigenvalue weighted by Crippen LogP contribution is 2.11. The number of hydrogen-bond donors (Lipinski definition) is 1. The largest absolute Gasteiger partial charge is 0.497 e. The van der Waals surface area contributed by atoms with Crippen molar-refractivity contribution in [2.24, 2.45) is 0 Å². The van der Waals surface area contributed by atoms with Crippen LogP contribution in [0.2, 0.25) is 0 Å². The number of thiophene rings is 1. The molecule has 0 amide bonds. The Morgan fingerprint density at radius 3 is 3.25 bits per heavy atom. The summed E-state index contributed by atoms with van der Waals surface area (Å²) in [7, 11) is 0. The van der Waals surface area contributed by atoms with Crippen LogP contribution in [-0.2, 0) is 11.2 Å². The highest BCUT2D eigenvalue weighted by Gasteiger charge is 2.12. The molecule has 0 aromatic carbocycles. The fourth-order valence-electron chi connectivity index (χ4n) is 1.90. The molecule has 0 radical (unpaired) electrons. The second kappa shape index (κ2) is 6.06. The van der Waals surface area contributed by atoms with Crippen LogP contribution in [0.25, 0.3) is 0 Å². The Balaban J connectivity index is 1.67. The molecule has 1 N–H and O–H groups in total. The van der Waals surface area contributed by atoms with Crippen LogP contribution in [0.15, 0.2) is 29.2 Å². The highest BCUT2D eigenvalue weighted by molar-refractivity contribution is 7.07. The zero-order valence-electron chi connectivity index (χ0n) is 9.69. The average molecular weight is 237 g/mol. The zero-order valence-corrected chi connectivity index (χ0v) is 10.5. The summed E-state index contributed by atoms with van der Waals surface area (Å²) in [6.45, 7) is 3.19. The van der Waals surface area contributed by atoms with Gasteiger partial charge in [0.25, 0.3) is 0 Å². The fourth-order valence-corrected chi connectivity index (χ4v) is 2.58. The van der Waals surface area contributed by atoms with E-state index >= 15 is 0 Å². The van der Waals surface area contributed by atoms with Crippen molar-refractivity contribution in [3.8, 4) is 0 Å². The molecule has 1 aliphatic rings. The molecule has 2 atom stereocenters. The van der Waals surface area contributed by atoms with Crippen LogP contribution in [0, 0.1) is 0 Å². The van der Waals surface area contributed by atoms with Gasteiger partial charge in [-0.05, 0) is 54.7 Å². The molecule has 16 heavy (non-hydrogen) atoms. The molecule has 1 aromatic rings. The minimum absolute atomic E-state index is 0.356. The third-order valence-electron chi connectivity index (χ3n) is 2.84. The first-order valence-electron chi connectivity index (χ1n) is 5.89. The van der Waals surface area contributed by atoms with Gasteiger partial charge >= 0.3 is 0 Å². The van der Waals surface area contributed by atoms with Crippen LogP contribution in [0.3, 0.4) is 0 Å². The molecule has 0 saturated heterocycles. The Bertz CT molecular complexity index is 321. The van der Waals surface area contributed by atoms with Gasteiger partial charge < -0.3 is 10.1 Å². The maximum absolute atomic E-state index is 5.52. The van der Waals surface area contributed by atoms with Crippen molar-refractivity contribution in [3.05, 3.63) is 34.7 Å². The Labute approximate surface area is 101 Å². The molecule has 0 fully saturated rings. The standard InChI is InChI=1S/C13H19NOS/c1-11(8-12-5-7-16-10-12)14-9-13-4-2-3-6-15-13/h3,5-7,10-11,13-14H,2,4,8-9H2,1H3. The average Bonchev–Trinajstić information content (AvgIpc) is 2.81. The van der Waals surface area contributed by atoms with E-state index in [4.69, 9.17) is 4.74 Å². The number of ether oxygens (including phenoxy) is 1. The summed E-state index contributed by atoms with van der Waals surface area (Å²) in [5.41, 5.74) is 1.43. The van der Waals surface area contributed by atoms with E-state index in [9.17, 15) is 0 Å². The minimum Gasteiger partial charge on any atom is -0.497 e. The lowest BCUT2D eigenvalue weighted by Crippen LogP contribution is -2.36. The van der Waals surface area contributed by atoms with Gasteiger partial charge in [0.2, 0.25) is 0 Å². The number of nitrogens with one attached hydrogen (secondary N) is 1. The molecular formula is C13H19NOS. The summed E-state index contributed by atoms with van der Waals surface area (Å²) in [6.07, 6.45) is 7.66. The van der Waals surface area contributed by atoms with E-state index in [1.807, 2.05) is 6.26 Å². The first-order chi connectivity index (χ1) is 7.84. The first kappa shape index (κ1) is 11.7. The topological polar surface area (TPSA) is 21.3 Å². The monoisotopic (exact) mass is 237 g/mol. The van der Waals surface area contributed by atoms with E-state index in [-0.39, 0.29) is 0 Å². The van der Waals surface area contributed by atoms with Crippen LogP contribution in [0.4, 0.5) is 0 Å². The van der Waals surface area contributed by atoms with Crippen LogP contribution < -0.4 is 5.32 Å². The van der Waals surface area contributed by atoms with E-state index in [2.05, 4.69) is 35.1 Å². The second-order valence-corrected chi connectivity index (χ2v) is 5.13. The van der Waals surface area contributed by atoms with E-state index < -0.39 is 0 Å². The van der Waals surface area contributed by atoms with Crippen molar-refractivity contribution in [1.29, 1.82) is 0 Å². The fraction of sp³-hybridized carbons (Fsp3) is 0.538. The lowest BCUT2D eigenvalue weighted by molar-refractivity contribution is 0.120. The van der Waals surface area contributed by atoms with Crippen molar-refractivity contribution in [2.45, 2.75) is 38.3 Å². The normalized spacial score (nSPS) is 21.7. The third kappa shape index (κ3) is 3.65. The molecule has 0 saturated carbocycles. The molecule has 0 aliphatic carbocycles. The van der Waals surface area contributed by atoms with Crippen molar-refractivity contribution in [2.75, 3.05) is 6.54 Å². The molecule has 2 nitrogen and oxygen atoms in total. The maximum Gasteiger partial charge on any atom is 0.110 e. The number of hydrogen-bond acceptors (Lipinski definition) is 3. The molecule has 2 heterocycles. The summed E-state index contributed by atoms with van der Waals surface area (Å²) in [5.74, 6) is 0. The molecule has 3 heteroatoms. The van der Waals surface area contributed by atoms with Gasteiger partial charge in [-0.2, -0.15) is 11.3 Å². The molecule has 88 valence electrons. The third-order valence-corrected chi connectivity index (χ3v) is 3.57. The van der Waals surface area contributed by atoms with Gasteiger partial charge in [0.1, 0.15) is 6.10 Å². The Morgan fingerprint density at radius 2 is 2.56 bits per heavy atom. The molecule has 2 unspecified atom stereocenters. The Hall–Kier alpha value is -0.800. The summed E-state index contributed by atoms with van der Waals surface area (Å²) in [6, 6.07) is 2.71. The summed E-state index contributed by atoms with van der Waals surface area (Å²) in [5, 5.41) is 7.89. The second-order valence-electron chi connectivity index (χ2n) is 4.35. The van der Waals surface area contributed by atoms with Gasteiger partial charge in [0.05, 0.1) is 6.26 Å². The SMILES string of the molecule is CC(Cc1ccsc1)NCC1CCC=CO1. The predicted molar refractivity (Wildman–Crippen MR) is 68.7 cm³/mol. The van der Waals surface area contributed by atoms with Crippen molar-refractivity contribution < 1.29 is 4.74 Å². The van der Waals surface area contributed by atoms with E-state index in [1.54, 1.807) is 11.3 Å². The first-order valence-corrected chi connectivity index (χ1v) is 6.84. The van der Waals surface area contributed by atoms with Gasteiger partial charge in [-0.15, -0.1) is 0 Å². The van der Waals surface area contributed by atoms with Crippen molar-refractivity contribution in [1.82, 2.24) is 5.32 Å². The zero-order chi connectivity index (χ0) is 11.2. The van der Waals surface area contributed by atoms with Crippen LogP contribution >= 0.6 is 11.3 Å². The Morgan fingerprint density at radius 1 is 1.62 bits per heavy atom. The van der Waals surface area contributed by atoms with Crippen molar-refractivity contribution in [3.63, 3.8) is 0 Å². The quantitative estimate of drug-likeness (QED) is 0.850. The molecule has 1 aromatic heterocycles. The van der Waals surface area contributed by atoms with Gasteiger partial charge in [-0.1, -0.05) is 0 Å². The van der Waals surface area contributed by atoms with E-state index in [0.717, 1.165) is 25.8 Å². The molecular weight excluding hydrogens is 218 g/mol. The van der Waals surface area contributed by atoms with Crippen LogP contribution in [-0.4, -0.2) is 18.7 Å². The van der Waals surface area contributed by atoms with E-state index in [1.165, 1.54) is 5.56 Å². The number of rotatable bonds is 5.